The van der Waals surface area contributed by atoms with Crippen molar-refractivity contribution in [3.05, 3.63) is 0 Å². The minimum atomic E-state index is -0.815. The summed E-state index contributed by atoms with van der Waals surface area (Å²) >= 11 is 0. The second-order valence-electron chi connectivity index (χ2n) is 6.70. The summed E-state index contributed by atoms with van der Waals surface area (Å²) in [5.74, 6) is -0.761. The highest BCUT2D eigenvalue weighted by Crippen LogP contribution is 2.37. The Balaban J connectivity index is 1.98. The molecule has 1 amide bonds. The second-order valence-corrected chi connectivity index (χ2v) is 6.70. The first kappa shape index (κ1) is 15.3. The Labute approximate surface area is 121 Å². The van der Waals surface area contributed by atoms with Gasteiger partial charge in [-0.25, -0.2) is 0 Å². The molecule has 0 aromatic heterocycles. The van der Waals surface area contributed by atoms with Gasteiger partial charge < -0.3 is 10.4 Å². The van der Waals surface area contributed by atoms with Gasteiger partial charge in [0.15, 0.2) is 0 Å². The molecule has 0 radical (unpaired) electrons. The topological polar surface area (TPSA) is 66.4 Å². The molecule has 0 spiro atoms. The van der Waals surface area contributed by atoms with Gasteiger partial charge in [-0.05, 0) is 37.5 Å². The van der Waals surface area contributed by atoms with Gasteiger partial charge >= 0.3 is 5.97 Å². The van der Waals surface area contributed by atoms with Crippen molar-refractivity contribution in [2.75, 3.05) is 0 Å². The van der Waals surface area contributed by atoms with Crippen molar-refractivity contribution in [3.8, 4) is 0 Å². The number of amides is 1. The summed E-state index contributed by atoms with van der Waals surface area (Å²) < 4.78 is 0. The molecule has 2 N–H and O–H groups in total. The molecule has 2 aliphatic carbocycles. The molecule has 0 aromatic carbocycles. The van der Waals surface area contributed by atoms with Crippen LogP contribution in [0.25, 0.3) is 0 Å². The van der Waals surface area contributed by atoms with E-state index in [1.165, 1.54) is 19.3 Å². The average molecular weight is 281 g/mol. The Morgan fingerprint density at radius 3 is 2.45 bits per heavy atom. The van der Waals surface area contributed by atoms with Crippen molar-refractivity contribution in [2.24, 2.45) is 23.7 Å². The summed E-state index contributed by atoms with van der Waals surface area (Å²) in [6, 6.07) is 0.256. The zero-order valence-corrected chi connectivity index (χ0v) is 12.6. The first-order chi connectivity index (χ1) is 9.52. The van der Waals surface area contributed by atoms with Crippen molar-refractivity contribution in [2.45, 2.75) is 64.8 Å². The molecule has 0 bridgehead atoms. The lowest BCUT2D eigenvalue weighted by molar-refractivity contribution is -0.146. The molecule has 20 heavy (non-hydrogen) atoms. The maximum atomic E-state index is 12.5. The Bertz CT molecular complexity index is 369. The first-order valence-corrected chi connectivity index (χ1v) is 8.06. The monoisotopic (exact) mass is 281 g/mol. The number of carboxylic acids is 1. The van der Waals surface area contributed by atoms with E-state index in [1.54, 1.807) is 0 Å². The summed E-state index contributed by atoms with van der Waals surface area (Å²) in [4.78, 5) is 23.8. The number of hydrogen-bond donors (Lipinski definition) is 2. The lowest BCUT2D eigenvalue weighted by Crippen LogP contribution is -2.45. The van der Waals surface area contributed by atoms with Crippen molar-refractivity contribution in [1.82, 2.24) is 5.32 Å². The van der Waals surface area contributed by atoms with Gasteiger partial charge in [-0.2, -0.15) is 0 Å². The number of nitrogens with one attached hydrogen (secondary N) is 1. The molecule has 2 rings (SSSR count). The molecule has 2 aliphatic rings. The molecule has 114 valence electrons. The Morgan fingerprint density at radius 2 is 1.80 bits per heavy atom. The highest BCUT2D eigenvalue weighted by Gasteiger charge is 2.42. The summed E-state index contributed by atoms with van der Waals surface area (Å²) in [7, 11) is 0. The third-order valence-electron chi connectivity index (χ3n) is 5.21. The van der Waals surface area contributed by atoms with Gasteiger partial charge in [-0.1, -0.05) is 33.1 Å². The van der Waals surface area contributed by atoms with Crippen LogP contribution in [0, 0.1) is 23.7 Å². The molecule has 2 fully saturated rings. The summed E-state index contributed by atoms with van der Waals surface area (Å²) in [6.45, 7) is 4.21. The fraction of sp³-hybridized carbons (Fsp3) is 0.875. The number of carboxylic acid groups (broad SMARTS) is 1. The van der Waals surface area contributed by atoms with E-state index in [-0.39, 0.29) is 17.9 Å². The minimum absolute atomic E-state index is 0.0212. The Morgan fingerprint density at radius 1 is 1.15 bits per heavy atom. The van der Waals surface area contributed by atoms with Crippen molar-refractivity contribution < 1.29 is 14.7 Å². The van der Waals surface area contributed by atoms with E-state index in [4.69, 9.17) is 0 Å². The quantitative estimate of drug-likeness (QED) is 0.832. The average Bonchev–Trinajstić information content (AvgIpc) is 2.82. The van der Waals surface area contributed by atoms with E-state index in [0.717, 1.165) is 12.8 Å². The summed E-state index contributed by atoms with van der Waals surface area (Å²) in [5, 5.41) is 12.4. The minimum Gasteiger partial charge on any atom is -0.481 e. The molecule has 2 saturated carbocycles. The van der Waals surface area contributed by atoms with Crippen LogP contribution in [0.4, 0.5) is 0 Å². The molecule has 5 atom stereocenters. The smallest absolute Gasteiger partial charge is 0.307 e. The molecule has 0 aliphatic heterocycles. The highest BCUT2D eigenvalue weighted by molar-refractivity contribution is 5.85. The maximum absolute atomic E-state index is 12.5. The molecule has 0 aromatic rings. The van der Waals surface area contributed by atoms with Gasteiger partial charge in [0.05, 0.1) is 11.8 Å². The van der Waals surface area contributed by atoms with E-state index in [0.29, 0.717) is 24.7 Å². The molecule has 0 saturated heterocycles. The van der Waals surface area contributed by atoms with Crippen molar-refractivity contribution >= 4 is 11.9 Å². The third kappa shape index (κ3) is 3.33. The summed E-state index contributed by atoms with van der Waals surface area (Å²) in [5.41, 5.74) is 0. The SMILES string of the molecule is CCC1CCCCC1NC(=O)[C@H]1CC(C)C[C@H]1C(=O)O. The van der Waals surface area contributed by atoms with Crippen LogP contribution >= 0.6 is 0 Å². The van der Waals surface area contributed by atoms with Gasteiger partial charge in [0.25, 0.3) is 0 Å². The predicted molar refractivity (Wildman–Crippen MR) is 77.2 cm³/mol. The lowest BCUT2D eigenvalue weighted by atomic mass is 9.82. The van der Waals surface area contributed by atoms with Crippen LogP contribution in [-0.4, -0.2) is 23.0 Å². The van der Waals surface area contributed by atoms with E-state index < -0.39 is 11.9 Å². The normalized spacial score (nSPS) is 37.6. The van der Waals surface area contributed by atoms with Crippen LogP contribution in [-0.2, 0) is 9.59 Å². The van der Waals surface area contributed by atoms with Crippen LogP contribution in [0.5, 0.6) is 0 Å². The van der Waals surface area contributed by atoms with E-state index in [9.17, 15) is 14.7 Å². The fourth-order valence-electron chi connectivity index (χ4n) is 4.03. The van der Waals surface area contributed by atoms with Crippen LogP contribution in [0.15, 0.2) is 0 Å². The van der Waals surface area contributed by atoms with Crippen molar-refractivity contribution in [3.63, 3.8) is 0 Å². The Kier molecular flexibility index (Phi) is 5.06. The van der Waals surface area contributed by atoms with E-state index >= 15 is 0 Å². The fourth-order valence-corrected chi connectivity index (χ4v) is 4.03. The van der Waals surface area contributed by atoms with Gasteiger partial charge in [0.2, 0.25) is 5.91 Å². The van der Waals surface area contributed by atoms with Crippen LogP contribution in [0.2, 0.25) is 0 Å². The number of aliphatic carboxylic acids is 1. The molecule has 4 nitrogen and oxygen atoms in total. The van der Waals surface area contributed by atoms with Gasteiger partial charge in [-0.3, -0.25) is 9.59 Å². The van der Waals surface area contributed by atoms with Gasteiger partial charge in [0.1, 0.15) is 0 Å². The predicted octanol–water partition coefficient (Wildman–Crippen LogP) is 2.82. The highest BCUT2D eigenvalue weighted by atomic mass is 16.4. The van der Waals surface area contributed by atoms with E-state index in [1.807, 2.05) is 6.92 Å². The number of rotatable bonds is 4. The molecular weight excluding hydrogens is 254 g/mol. The first-order valence-electron chi connectivity index (χ1n) is 8.06. The van der Waals surface area contributed by atoms with Crippen LogP contribution < -0.4 is 5.32 Å². The van der Waals surface area contributed by atoms with Gasteiger partial charge in [-0.15, -0.1) is 0 Å². The second kappa shape index (κ2) is 6.59. The maximum Gasteiger partial charge on any atom is 0.307 e. The van der Waals surface area contributed by atoms with Gasteiger partial charge in [0, 0.05) is 6.04 Å². The summed E-state index contributed by atoms with van der Waals surface area (Å²) in [6.07, 6.45) is 7.10. The third-order valence-corrected chi connectivity index (χ3v) is 5.21. The number of carbonyl (C=O) groups excluding carboxylic acids is 1. The lowest BCUT2D eigenvalue weighted by Gasteiger charge is -2.32. The van der Waals surface area contributed by atoms with Crippen LogP contribution in [0.3, 0.4) is 0 Å². The molecule has 3 unspecified atom stereocenters. The van der Waals surface area contributed by atoms with Crippen molar-refractivity contribution in [1.29, 1.82) is 0 Å². The Hall–Kier alpha value is -1.06. The molecular formula is C16H27NO3. The zero-order chi connectivity index (χ0) is 14.7. The number of carbonyl (C=O) groups is 2. The van der Waals surface area contributed by atoms with Crippen LogP contribution in [0.1, 0.15) is 58.8 Å². The number of hydrogen-bond acceptors (Lipinski definition) is 2. The largest absolute Gasteiger partial charge is 0.481 e. The molecule has 4 heteroatoms. The van der Waals surface area contributed by atoms with E-state index in [2.05, 4.69) is 12.2 Å². The standard InChI is InChI=1S/C16H27NO3/c1-3-11-6-4-5-7-14(11)17-15(18)12-8-10(2)9-13(12)16(19)20/h10-14H,3-9H2,1-2H3,(H,17,18)(H,19,20)/t10?,11?,12-,13+,14?/m0/s1. The zero-order valence-electron chi connectivity index (χ0n) is 12.6. The molecule has 0 heterocycles.